The quantitative estimate of drug-likeness (QED) is 0.258. The fraction of sp³-hybridized carbons (Fsp3) is 0.481. The van der Waals surface area contributed by atoms with Gasteiger partial charge in [-0.05, 0) is 72.4 Å². The molecule has 3 aromatic heterocycles. The second kappa shape index (κ2) is 10.8. The van der Waals surface area contributed by atoms with E-state index in [9.17, 15) is 0 Å². The summed E-state index contributed by atoms with van der Waals surface area (Å²) in [6.45, 7) is 19.0. The maximum atomic E-state index is 5.92. The molecule has 0 amide bonds. The van der Waals surface area contributed by atoms with Gasteiger partial charge in [0.05, 0.1) is 23.0 Å². The number of anilines is 1. The first-order chi connectivity index (χ1) is 16.8. The highest BCUT2D eigenvalue weighted by Gasteiger charge is 2.28. The van der Waals surface area contributed by atoms with E-state index < -0.39 is 0 Å². The molecule has 3 aromatic rings. The van der Waals surface area contributed by atoms with Crippen LogP contribution < -0.4 is 4.90 Å². The molecule has 0 aliphatic carbocycles. The van der Waals surface area contributed by atoms with Gasteiger partial charge < -0.3 is 9.64 Å². The number of fused-ring (bicyclic) bond motifs is 1. The predicted octanol–water partition coefficient (Wildman–Crippen LogP) is 6.31. The zero-order valence-electron chi connectivity index (χ0n) is 21.7. The van der Waals surface area contributed by atoms with Crippen LogP contribution in [0.3, 0.4) is 0 Å². The molecule has 0 spiro atoms. The van der Waals surface area contributed by atoms with Gasteiger partial charge in [0.15, 0.2) is 5.82 Å². The summed E-state index contributed by atoms with van der Waals surface area (Å²) >= 11 is 1.67. The van der Waals surface area contributed by atoms with E-state index >= 15 is 0 Å². The van der Waals surface area contributed by atoms with Gasteiger partial charge in [-0.15, -0.1) is 11.3 Å². The number of thiophene rings is 1. The summed E-state index contributed by atoms with van der Waals surface area (Å²) in [7, 11) is 0. The van der Waals surface area contributed by atoms with Crippen LogP contribution >= 0.6 is 11.3 Å². The van der Waals surface area contributed by atoms with Crippen LogP contribution in [0.4, 0.5) is 5.82 Å². The molecule has 1 atom stereocenters. The molecule has 1 unspecified atom stereocenters. The van der Waals surface area contributed by atoms with Gasteiger partial charge >= 0.3 is 0 Å². The van der Waals surface area contributed by atoms with E-state index in [1.165, 1.54) is 5.56 Å². The van der Waals surface area contributed by atoms with Crippen LogP contribution in [0.2, 0.25) is 0 Å². The van der Waals surface area contributed by atoms with Crippen LogP contribution in [-0.2, 0) is 4.74 Å². The zero-order chi connectivity index (χ0) is 25.1. The Hall–Kier alpha value is -2.84. The lowest BCUT2D eigenvalue weighted by molar-refractivity contribution is 0.0560. The average Bonchev–Trinajstić information content (AvgIpc) is 3.57. The van der Waals surface area contributed by atoms with Gasteiger partial charge in [-0.25, -0.2) is 9.97 Å². The molecule has 0 bridgehead atoms. The lowest BCUT2D eigenvalue weighted by Gasteiger charge is -2.20. The molecule has 1 aliphatic heterocycles. The third-order valence-electron chi connectivity index (χ3n) is 6.24. The van der Waals surface area contributed by atoms with E-state index in [-0.39, 0.29) is 6.10 Å². The Morgan fingerprint density at radius 1 is 1.31 bits per heavy atom. The molecule has 4 rings (SSSR count). The summed E-state index contributed by atoms with van der Waals surface area (Å²) in [5.41, 5.74) is 2.82. The van der Waals surface area contributed by atoms with Crippen LogP contribution in [0.5, 0.6) is 0 Å². The Labute approximate surface area is 212 Å². The monoisotopic (exact) mass is 492 g/mol. The van der Waals surface area contributed by atoms with Gasteiger partial charge in [-0.2, -0.15) is 5.10 Å². The van der Waals surface area contributed by atoms with Crippen molar-refractivity contribution >= 4 is 39.8 Å². The standard InChI is InChI=1S/C27H36N6OS/c1-8-9-10-22(28-7)25-29-26(32-13-11-20(15-32)16-34-18(4)5)23-19(6)24(35-27(23)30-25)21-12-14-33(31-21)17(2)3/h8-10,12,14,17-18,20H,7,11,13,15-16H2,1-6H3/b9-8-,22-10-. The topological polar surface area (TPSA) is 68.4 Å². The fourth-order valence-electron chi connectivity index (χ4n) is 4.33. The van der Waals surface area contributed by atoms with Crippen molar-refractivity contribution in [2.24, 2.45) is 10.9 Å². The first-order valence-corrected chi connectivity index (χ1v) is 13.2. The third-order valence-corrected chi connectivity index (χ3v) is 7.45. The Kier molecular flexibility index (Phi) is 7.82. The van der Waals surface area contributed by atoms with E-state index in [1.807, 2.05) is 36.0 Å². The number of aryl methyl sites for hydroxylation is 1. The van der Waals surface area contributed by atoms with Crippen LogP contribution in [0.1, 0.15) is 58.5 Å². The molecular formula is C27H36N6OS. The average molecular weight is 493 g/mol. The maximum absolute atomic E-state index is 5.92. The summed E-state index contributed by atoms with van der Waals surface area (Å²) in [6, 6.07) is 2.40. The van der Waals surface area contributed by atoms with Crippen molar-refractivity contribution in [1.82, 2.24) is 19.7 Å². The second-order valence-corrected chi connectivity index (χ2v) is 10.6. The van der Waals surface area contributed by atoms with Gasteiger partial charge in [0, 0.05) is 31.2 Å². The number of ether oxygens (including phenoxy) is 1. The number of rotatable bonds is 9. The SMILES string of the molecule is C=N/C(=C\C=C/C)c1nc(N2CCC(COC(C)C)C2)c2c(C)c(-c3ccn(C(C)C)n3)sc2n1. The molecule has 0 N–H and O–H groups in total. The Morgan fingerprint density at radius 2 is 2.11 bits per heavy atom. The van der Waals surface area contributed by atoms with Gasteiger partial charge in [0.25, 0.3) is 0 Å². The Balaban J connectivity index is 1.82. The molecule has 186 valence electrons. The van der Waals surface area contributed by atoms with Crippen LogP contribution in [0.15, 0.2) is 35.5 Å². The van der Waals surface area contributed by atoms with Crippen molar-refractivity contribution in [1.29, 1.82) is 0 Å². The Bertz CT molecular complexity index is 1250. The molecule has 35 heavy (non-hydrogen) atoms. The van der Waals surface area contributed by atoms with Gasteiger partial charge in [-0.1, -0.05) is 12.2 Å². The minimum absolute atomic E-state index is 0.242. The number of hydrogen-bond acceptors (Lipinski definition) is 7. The maximum Gasteiger partial charge on any atom is 0.181 e. The number of nitrogens with zero attached hydrogens (tertiary/aromatic N) is 6. The van der Waals surface area contributed by atoms with E-state index in [1.54, 1.807) is 11.3 Å². The van der Waals surface area contributed by atoms with Crippen LogP contribution in [0.25, 0.3) is 26.5 Å². The zero-order valence-corrected chi connectivity index (χ0v) is 22.5. The second-order valence-electron chi connectivity index (χ2n) is 9.60. The van der Waals surface area contributed by atoms with Gasteiger partial charge in [0.1, 0.15) is 22.0 Å². The van der Waals surface area contributed by atoms with E-state index in [2.05, 4.69) is 57.3 Å². The summed E-state index contributed by atoms with van der Waals surface area (Å²) in [4.78, 5) is 18.7. The van der Waals surface area contributed by atoms with Crippen LogP contribution in [-0.4, -0.2) is 52.3 Å². The molecule has 1 fully saturated rings. The molecule has 7 nitrogen and oxygen atoms in total. The van der Waals surface area contributed by atoms with Crippen molar-refractivity contribution in [2.45, 2.75) is 60.1 Å². The molecule has 0 saturated carbocycles. The molecular weight excluding hydrogens is 456 g/mol. The first kappa shape index (κ1) is 25.3. The minimum atomic E-state index is 0.242. The van der Waals surface area contributed by atoms with Crippen molar-refractivity contribution in [3.63, 3.8) is 0 Å². The summed E-state index contributed by atoms with van der Waals surface area (Å²) in [5.74, 6) is 2.06. The predicted molar refractivity (Wildman–Crippen MR) is 148 cm³/mol. The van der Waals surface area contributed by atoms with Gasteiger partial charge in [-0.3, -0.25) is 9.67 Å². The van der Waals surface area contributed by atoms with Gasteiger partial charge in [0.2, 0.25) is 0 Å². The number of hydrogen-bond donors (Lipinski definition) is 0. The molecule has 8 heteroatoms. The molecule has 0 radical (unpaired) electrons. The fourth-order valence-corrected chi connectivity index (χ4v) is 5.47. The number of allylic oxidation sites excluding steroid dienone is 3. The van der Waals surface area contributed by atoms with Crippen molar-refractivity contribution < 1.29 is 4.74 Å². The highest BCUT2D eigenvalue weighted by Crippen LogP contribution is 2.42. The van der Waals surface area contributed by atoms with E-state index in [0.717, 1.165) is 52.7 Å². The van der Waals surface area contributed by atoms with E-state index in [0.29, 0.717) is 23.5 Å². The van der Waals surface area contributed by atoms with Crippen molar-refractivity contribution in [2.75, 3.05) is 24.6 Å². The smallest absolute Gasteiger partial charge is 0.181 e. The normalized spacial score (nSPS) is 17.1. The molecule has 4 heterocycles. The molecule has 0 aromatic carbocycles. The highest BCUT2D eigenvalue weighted by atomic mass is 32.1. The summed E-state index contributed by atoms with van der Waals surface area (Å²) < 4.78 is 7.92. The number of aliphatic imine (C=N–C) groups is 1. The summed E-state index contributed by atoms with van der Waals surface area (Å²) in [6.07, 6.45) is 9.18. The van der Waals surface area contributed by atoms with Crippen molar-refractivity contribution in [3.05, 3.63) is 41.9 Å². The minimum Gasteiger partial charge on any atom is -0.378 e. The summed E-state index contributed by atoms with van der Waals surface area (Å²) in [5, 5.41) is 5.93. The highest BCUT2D eigenvalue weighted by molar-refractivity contribution is 7.22. The largest absolute Gasteiger partial charge is 0.378 e. The van der Waals surface area contributed by atoms with Crippen LogP contribution in [0, 0.1) is 12.8 Å². The molecule has 1 aliphatic rings. The Morgan fingerprint density at radius 3 is 2.77 bits per heavy atom. The lowest BCUT2D eigenvalue weighted by Crippen LogP contribution is -2.23. The molecule has 1 saturated heterocycles. The van der Waals surface area contributed by atoms with E-state index in [4.69, 9.17) is 19.8 Å². The third kappa shape index (κ3) is 5.38. The lowest BCUT2D eigenvalue weighted by atomic mass is 10.1. The first-order valence-electron chi connectivity index (χ1n) is 12.4. The number of aromatic nitrogens is 4. The van der Waals surface area contributed by atoms with Crippen molar-refractivity contribution in [3.8, 4) is 10.6 Å².